The number of esters is 1. The fourth-order valence-corrected chi connectivity index (χ4v) is 5.25. The number of hydrogen-bond acceptors (Lipinski definition) is 2. The van der Waals surface area contributed by atoms with Crippen LogP contribution in [-0.4, -0.2) is 5.97 Å². The lowest BCUT2D eigenvalue weighted by molar-refractivity contribution is -0.129. The number of hydrogen-bond donors (Lipinski definition) is 0. The predicted octanol–water partition coefficient (Wildman–Crippen LogP) is 5.88. The minimum atomic E-state index is -0.346. The number of allylic oxidation sites excluding steroid dienone is 1. The molecule has 0 aliphatic rings. The zero-order valence-corrected chi connectivity index (χ0v) is 16.6. The molecule has 0 aliphatic heterocycles. The molecular formula is C24H23O2S+. The van der Waals surface area contributed by atoms with E-state index < -0.39 is 0 Å². The van der Waals surface area contributed by atoms with E-state index in [1.165, 1.54) is 20.8 Å². The van der Waals surface area contributed by atoms with E-state index >= 15 is 0 Å². The van der Waals surface area contributed by atoms with Gasteiger partial charge in [-0.3, -0.25) is 0 Å². The highest BCUT2D eigenvalue weighted by Crippen LogP contribution is 2.35. The highest BCUT2D eigenvalue weighted by atomic mass is 32.2. The van der Waals surface area contributed by atoms with Crippen molar-refractivity contribution < 1.29 is 9.53 Å². The minimum absolute atomic E-state index is 0.214. The van der Waals surface area contributed by atoms with Gasteiger partial charge in [-0.05, 0) is 56.2 Å². The monoisotopic (exact) mass is 375 g/mol. The van der Waals surface area contributed by atoms with Crippen molar-refractivity contribution in [2.75, 3.05) is 0 Å². The Bertz CT molecular complexity index is 884. The van der Waals surface area contributed by atoms with Crippen molar-refractivity contribution in [1.82, 2.24) is 0 Å². The lowest BCUT2D eigenvalue weighted by Gasteiger charge is -2.13. The van der Waals surface area contributed by atoms with E-state index in [1.807, 2.05) is 26.0 Å². The Morgan fingerprint density at radius 2 is 1.30 bits per heavy atom. The SMILES string of the molecule is C/C=C/C(=O)Oc1c(C)cc([S+](c2ccccc2)c2ccccc2)cc1C. The fourth-order valence-electron chi connectivity index (χ4n) is 2.98. The first-order valence-corrected chi connectivity index (χ1v) is 10.1. The normalized spacial score (nSPS) is 11.1. The van der Waals surface area contributed by atoms with Gasteiger partial charge in [0.25, 0.3) is 0 Å². The summed E-state index contributed by atoms with van der Waals surface area (Å²) < 4.78 is 5.54. The summed E-state index contributed by atoms with van der Waals surface area (Å²) in [6.45, 7) is 5.79. The van der Waals surface area contributed by atoms with Gasteiger partial charge in [-0.2, -0.15) is 0 Å². The molecule has 0 unspecified atom stereocenters. The molecule has 0 aliphatic carbocycles. The maximum atomic E-state index is 11.9. The first-order chi connectivity index (χ1) is 13.1. The van der Waals surface area contributed by atoms with Crippen LogP contribution < -0.4 is 4.74 Å². The Kier molecular flexibility index (Phi) is 6.15. The standard InChI is InChI=1S/C24H23O2S/c1-4-11-23(25)26-24-18(2)16-22(17-19(24)3)27(20-12-7-5-8-13-20)21-14-9-6-10-15-21/h4-17H,1-3H3/q+1/b11-4+. The smallest absolute Gasteiger partial charge is 0.335 e. The highest BCUT2D eigenvalue weighted by Gasteiger charge is 2.29. The van der Waals surface area contributed by atoms with Crippen LogP contribution in [-0.2, 0) is 15.7 Å². The summed E-state index contributed by atoms with van der Waals surface area (Å²) >= 11 is 0. The van der Waals surface area contributed by atoms with E-state index in [-0.39, 0.29) is 16.9 Å². The van der Waals surface area contributed by atoms with Crippen molar-refractivity contribution in [2.45, 2.75) is 35.5 Å². The second-order valence-corrected chi connectivity index (χ2v) is 8.27. The molecule has 3 rings (SSSR count). The van der Waals surface area contributed by atoms with Crippen molar-refractivity contribution >= 4 is 16.9 Å². The van der Waals surface area contributed by atoms with Crippen LogP contribution in [0, 0.1) is 13.8 Å². The molecule has 0 spiro atoms. The third kappa shape index (κ3) is 4.50. The lowest BCUT2D eigenvalue weighted by Crippen LogP contribution is -2.09. The van der Waals surface area contributed by atoms with Gasteiger partial charge in [-0.15, -0.1) is 0 Å². The quantitative estimate of drug-likeness (QED) is 0.241. The van der Waals surface area contributed by atoms with Crippen LogP contribution >= 0.6 is 0 Å². The molecule has 3 aromatic rings. The molecule has 0 radical (unpaired) electrons. The number of benzene rings is 3. The number of aryl methyl sites for hydroxylation is 2. The minimum Gasteiger partial charge on any atom is -0.423 e. The molecule has 0 bridgehead atoms. The van der Waals surface area contributed by atoms with Crippen molar-refractivity contribution in [3.63, 3.8) is 0 Å². The molecule has 0 saturated heterocycles. The Hall–Kier alpha value is -2.78. The molecule has 0 N–H and O–H groups in total. The van der Waals surface area contributed by atoms with E-state index in [0.29, 0.717) is 5.75 Å². The average molecular weight is 376 g/mol. The summed E-state index contributed by atoms with van der Waals surface area (Å²) in [5.41, 5.74) is 1.93. The largest absolute Gasteiger partial charge is 0.423 e. The van der Waals surface area contributed by atoms with Gasteiger partial charge >= 0.3 is 5.97 Å². The maximum Gasteiger partial charge on any atom is 0.335 e. The van der Waals surface area contributed by atoms with Gasteiger partial charge in [-0.25, -0.2) is 4.79 Å². The Labute approximate surface area is 163 Å². The molecule has 0 atom stereocenters. The summed E-state index contributed by atoms with van der Waals surface area (Å²) in [7, 11) is -0.214. The molecule has 2 nitrogen and oxygen atoms in total. The maximum absolute atomic E-state index is 11.9. The summed E-state index contributed by atoms with van der Waals surface area (Å²) in [5, 5.41) is 0. The second kappa shape index (κ2) is 8.74. The molecule has 27 heavy (non-hydrogen) atoms. The van der Waals surface area contributed by atoms with Gasteiger partial charge in [0.05, 0.1) is 10.9 Å². The Morgan fingerprint density at radius 1 is 0.815 bits per heavy atom. The van der Waals surface area contributed by atoms with Crippen molar-refractivity contribution in [3.05, 3.63) is 96.1 Å². The number of carbonyl (C=O) groups excluding carboxylic acids is 1. The van der Waals surface area contributed by atoms with E-state index in [0.717, 1.165) is 11.1 Å². The topological polar surface area (TPSA) is 26.3 Å². The number of carbonyl (C=O) groups is 1. The van der Waals surface area contributed by atoms with E-state index in [1.54, 1.807) is 13.0 Å². The molecule has 3 aromatic carbocycles. The first-order valence-electron chi connectivity index (χ1n) is 8.90. The summed E-state index contributed by atoms with van der Waals surface area (Å²) in [6, 6.07) is 25.3. The van der Waals surface area contributed by atoms with E-state index in [4.69, 9.17) is 4.74 Å². The molecule has 0 amide bonds. The lowest BCUT2D eigenvalue weighted by atomic mass is 10.1. The Balaban J connectivity index is 2.07. The van der Waals surface area contributed by atoms with Gasteiger partial charge in [0.1, 0.15) is 5.75 Å². The van der Waals surface area contributed by atoms with Gasteiger partial charge in [0, 0.05) is 18.2 Å². The van der Waals surface area contributed by atoms with Crippen LogP contribution in [0.5, 0.6) is 5.75 Å². The molecule has 0 fully saturated rings. The van der Waals surface area contributed by atoms with Gasteiger partial charge in [-0.1, -0.05) is 42.5 Å². The first kappa shape index (κ1) is 19.0. The van der Waals surface area contributed by atoms with Crippen molar-refractivity contribution in [1.29, 1.82) is 0 Å². The average Bonchev–Trinajstić information content (AvgIpc) is 2.67. The van der Waals surface area contributed by atoms with Gasteiger partial charge in [0.15, 0.2) is 14.7 Å². The van der Waals surface area contributed by atoms with Crippen LogP contribution in [0.2, 0.25) is 0 Å². The predicted molar refractivity (Wildman–Crippen MR) is 111 cm³/mol. The van der Waals surface area contributed by atoms with Crippen LogP contribution in [0.15, 0.2) is 99.6 Å². The van der Waals surface area contributed by atoms with E-state index in [2.05, 4.69) is 60.7 Å². The van der Waals surface area contributed by atoms with Crippen LogP contribution in [0.25, 0.3) is 0 Å². The summed E-state index contributed by atoms with van der Waals surface area (Å²) in [4.78, 5) is 15.6. The highest BCUT2D eigenvalue weighted by molar-refractivity contribution is 7.97. The number of ether oxygens (including phenoxy) is 1. The number of rotatable bonds is 5. The third-order valence-electron chi connectivity index (χ3n) is 4.13. The molecule has 136 valence electrons. The molecule has 3 heteroatoms. The van der Waals surface area contributed by atoms with Gasteiger partial charge in [0.2, 0.25) is 0 Å². The molecule has 0 heterocycles. The summed E-state index contributed by atoms with van der Waals surface area (Å²) in [5.74, 6) is 0.299. The molecule has 0 aromatic heterocycles. The van der Waals surface area contributed by atoms with Gasteiger partial charge < -0.3 is 4.74 Å². The van der Waals surface area contributed by atoms with Crippen molar-refractivity contribution in [3.8, 4) is 5.75 Å². The van der Waals surface area contributed by atoms with Crippen LogP contribution in [0.4, 0.5) is 0 Å². The molecular weight excluding hydrogens is 352 g/mol. The van der Waals surface area contributed by atoms with Crippen LogP contribution in [0.3, 0.4) is 0 Å². The zero-order valence-electron chi connectivity index (χ0n) is 15.8. The third-order valence-corrected chi connectivity index (χ3v) is 6.33. The molecule has 0 saturated carbocycles. The summed E-state index contributed by atoms with van der Waals surface area (Å²) in [6.07, 6.45) is 3.12. The van der Waals surface area contributed by atoms with Crippen molar-refractivity contribution in [2.24, 2.45) is 0 Å². The Morgan fingerprint density at radius 3 is 1.74 bits per heavy atom. The van der Waals surface area contributed by atoms with Crippen LogP contribution in [0.1, 0.15) is 18.1 Å². The zero-order chi connectivity index (χ0) is 19.2. The van der Waals surface area contributed by atoms with E-state index in [9.17, 15) is 4.79 Å². The fraction of sp³-hybridized carbons (Fsp3) is 0.125. The second-order valence-electron chi connectivity index (χ2n) is 6.24.